The standard InChI is InChI=1S/C11H12N2O3/c1-8(6-7-12)16-11-5-3-4-10(9(11)2)13(14)15/h3-5,8H,6H2,1-2H3. The van der Waals surface area contributed by atoms with Crippen molar-refractivity contribution in [2.75, 3.05) is 0 Å². The van der Waals surface area contributed by atoms with Crippen molar-refractivity contribution >= 4 is 5.69 Å². The van der Waals surface area contributed by atoms with Crippen LogP contribution in [-0.2, 0) is 0 Å². The van der Waals surface area contributed by atoms with Gasteiger partial charge in [-0.2, -0.15) is 5.26 Å². The highest BCUT2D eigenvalue weighted by Gasteiger charge is 2.15. The molecule has 0 aliphatic carbocycles. The fourth-order valence-corrected chi connectivity index (χ4v) is 1.32. The first-order valence-corrected chi connectivity index (χ1v) is 4.84. The second-order valence-electron chi connectivity index (χ2n) is 3.45. The summed E-state index contributed by atoms with van der Waals surface area (Å²) in [6, 6.07) is 6.65. The molecule has 16 heavy (non-hydrogen) atoms. The van der Waals surface area contributed by atoms with E-state index in [4.69, 9.17) is 10.00 Å². The lowest BCUT2D eigenvalue weighted by Crippen LogP contribution is -2.11. The fraction of sp³-hybridized carbons (Fsp3) is 0.364. The summed E-state index contributed by atoms with van der Waals surface area (Å²) in [4.78, 5) is 10.2. The van der Waals surface area contributed by atoms with Gasteiger partial charge in [0.1, 0.15) is 11.9 Å². The van der Waals surface area contributed by atoms with Crippen molar-refractivity contribution < 1.29 is 9.66 Å². The van der Waals surface area contributed by atoms with E-state index in [0.29, 0.717) is 11.3 Å². The van der Waals surface area contributed by atoms with Crippen LogP contribution in [0.15, 0.2) is 18.2 Å². The third kappa shape index (κ3) is 2.70. The van der Waals surface area contributed by atoms with Gasteiger partial charge in [-0.15, -0.1) is 0 Å². The Morgan fingerprint density at radius 3 is 2.88 bits per heavy atom. The van der Waals surface area contributed by atoms with Crippen molar-refractivity contribution in [3.63, 3.8) is 0 Å². The summed E-state index contributed by atoms with van der Waals surface area (Å²) in [5, 5.41) is 19.2. The normalized spacial score (nSPS) is 11.6. The Balaban J connectivity index is 2.94. The van der Waals surface area contributed by atoms with Crippen LogP contribution in [0.1, 0.15) is 18.9 Å². The lowest BCUT2D eigenvalue weighted by atomic mass is 10.2. The summed E-state index contributed by atoms with van der Waals surface area (Å²) < 4.78 is 5.45. The molecule has 0 aliphatic heterocycles. The van der Waals surface area contributed by atoms with Gasteiger partial charge in [-0.1, -0.05) is 6.07 Å². The highest BCUT2D eigenvalue weighted by Crippen LogP contribution is 2.27. The van der Waals surface area contributed by atoms with E-state index in [2.05, 4.69) is 0 Å². The number of benzene rings is 1. The van der Waals surface area contributed by atoms with Gasteiger partial charge in [-0.25, -0.2) is 0 Å². The molecule has 1 aromatic carbocycles. The van der Waals surface area contributed by atoms with Gasteiger partial charge in [0.05, 0.1) is 23.0 Å². The Morgan fingerprint density at radius 2 is 2.31 bits per heavy atom. The second-order valence-corrected chi connectivity index (χ2v) is 3.45. The van der Waals surface area contributed by atoms with Crippen LogP contribution < -0.4 is 4.74 Å². The van der Waals surface area contributed by atoms with Crippen LogP contribution in [0.5, 0.6) is 5.75 Å². The third-order valence-corrected chi connectivity index (χ3v) is 2.16. The predicted molar refractivity (Wildman–Crippen MR) is 58.2 cm³/mol. The van der Waals surface area contributed by atoms with E-state index in [1.807, 2.05) is 6.07 Å². The molecule has 1 rings (SSSR count). The highest BCUT2D eigenvalue weighted by molar-refractivity contribution is 5.48. The Bertz CT molecular complexity index is 437. The summed E-state index contributed by atoms with van der Waals surface area (Å²) in [5.41, 5.74) is 0.513. The monoisotopic (exact) mass is 220 g/mol. The molecule has 0 saturated carbocycles. The van der Waals surface area contributed by atoms with Crippen molar-refractivity contribution in [3.8, 4) is 11.8 Å². The van der Waals surface area contributed by atoms with Crippen LogP contribution in [0.2, 0.25) is 0 Å². The van der Waals surface area contributed by atoms with E-state index in [-0.39, 0.29) is 18.2 Å². The molecular weight excluding hydrogens is 208 g/mol. The number of rotatable bonds is 4. The molecule has 0 spiro atoms. The van der Waals surface area contributed by atoms with Crippen LogP contribution >= 0.6 is 0 Å². The average Bonchev–Trinajstić information content (AvgIpc) is 2.21. The molecule has 84 valence electrons. The number of hydrogen-bond donors (Lipinski definition) is 0. The maximum absolute atomic E-state index is 10.7. The Labute approximate surface area is 93.4 Å². The zero-order valence-electron chi connectivity index (χ0n) is 9.14. The molecule has 0 saturated heterocycles. The van der Waals surface area contributed by atoms with Crippen molar-refractivity contribution in [2.24, 2.45) is 0 Å². The van der Waals surface area contributed by atoms with Crippen LogP contribution in [0.4, 0.5) is 5.69 Å². The van der Waals surface area contributed by atoms with Gasteiger partial charge in [0.2, 0.25) is 0 Å². The smallest absolute Gasteiger partial charge is 0.276 e. The van der Waals surface area contributed by atoms with Crippen LogP contribution in [-0.4, -0.2) is 11.0 Å². The number of hydrogen-bond acceptors (Lipinski definition) is 4. The molecule has 0 aromatic heterocycles. The van der Waals surface area contributed by atoms with Crippen molar-refractivity contribution in [3.05, 3.63) is 33.9 Å². The SMILES string of the molecule is Cc1c(OC(C)CC#N)cccc1[N+](=O)[O-]. The molecule has 1 aromatic rings. The third-order valence-electron chi connectivity index (χ3n) is 2.16. The van der Waals surface area contributed by atoms with E-state index in [1.54, 1.807) is 26.0 Å². The number of nitrogens with zero attached hydrogens (tertiary/aromatic N) is 2. The first kappa shape index (κ1) is 12.0. The number of nitro groups is 1. The van der Waals surface area contributed by atoms with Crippen molar-refractivity contribution in [1.29, 1.82) is 5.26 Å². The Morgan fingerprint density at radius 1 is 1.62 bits per heavy atom. The van der Waals surface area contributed by atoms with E-state index in [1.165, 1.54) is 6.07 Å². The molecule has 0 bridgehead atoms. The van der Waals surface area contributed by atoms with Gasteiger partial charge in [-0.3, -0.25) is 10.1 Å². The van der Waals surface area contributed by atoms with E-state index in [9.17, 15) is 10.1 Å². The van der Waals surface area contributed by atoms with Crippen LogP contribution in [0, 0.1) is 28.4 Å². The molecule has 0 aliphatic rings. The van der Waals surface area contributed by atoms with Crippen LogP contribution in [0.3, 0.4) is 0 Å². The maximum Gasteiger partial charge on any atom is 0.276 e. The van der Waals surface area contributed by atoms with Gasteiger partial charge < -0.3 is 4.74 Å². The molecule has 1 unspecified atom stereocenters. The molecule has 0 fully saturated rings. The maximum atomic E-state index is 10.7. The molecular formula is C11H12N2O3. The predicted octanol–water partition coefficient (Wildman–Crippen LogP) is 2.58. The molecule has 5 heteroatoms. The Kier molecular flexibility index (Phi) is 3.84. The summed E-state index contributed by atoms with van der Waals surface area (Å²) >= 11 is 0. The van der Waals surface area contributed by atoms with Gasteiger partial charge >= 0.3 is 0 Å². The molecule has 5 nitrogen and oxygen atoms in total. The first-order valence-electron chi connectivity index (χ1n) is 4.84. The highest BCUT2D eigenvalue weighted by atomic mass is 16.6. The quantitative estimate of drug-likeness (QED) is 0.577. The Hall–Kier alpha value is -2.09. The van der Waals surface area contributed by atoms with E-state index in [0.717, 1.165) is 0 Å². The van der Waals surface area contributed by atoms with Crippen molar-refractivity contribution in [2.45, 2.75) is 26.4 Å². The summed E-state index contributed by atoms with van der Waals surface area (Å²) in [6.07, 6.45) is -0.0204. The lowest BCUT2D eigenvalue weighted by Gasteiger charge is -2.13. The molecule has 0 amide bonds. The van der Waals surface area contributed by atoms with Gasteiger partial charge in [-0.05, 0) is 19.9 Å². The minimum atomic E-state index is -0.447. The number of ether oxygens (including phenoxy) is 1. The minimum Gasteiger partial charge on any atom is -0.489 e. The van der Waals surface area contributed by atoms with E-state index < -0.39 is 4.92 Å². The topological polar surface area (TPSA) is 76.2 Å². The van der Waals surface area contributed by atoms with E-state index >= 15 is 0 Å². The first-order chi connectivity index (χ1) is 7.56. The fourth-order valence-electron chi connectivity index (χ4n) is 1.32. The van der Waals surface area contributed by atoms with Crippen molar-refractivity contribution in [1.82, 2.24) is 0 Å². The average molecular weight is 220 g/mol. The molecule has 0 radical (unpaired) electrons. The van der Waals surface area contributed by atoms with Crippen LogP contribution in [0.25, 0.3) is 0 Å². The minimum absolute atomic E-state index is 0.0293. The molecule has 0 N–H and O–H groups in total. The lowest BCUT2D eigenvalue weighted by molar-refractivity contribution is -0.385. The number of nitro benzene ring substituents is 1. The molecule has 1 atom stereocenters. The largest absolute Gasteiger partial charge is 0.489 e. The molecule has 0 heterocycles. The van der Waals surface area contributed by atoms with Gasteiger partial charge in [0.15, 0.2) is 0 Å². The summed E-state index contributed by atoms with van der Waals surface area (Å²) in [7, 11) is 0. The second kappa shape index (κ2) is 5.12. The number of nitriles is 1. The zero-order chi connectivity index (χ0) is 12.1. The summed E-state index contributed by atoms with van der Waals surface area (Å²) in [6.45, 7) is 3.38. The summed E-state index contributed by atoms with van der Waals surface area (Å²) in [5.74, 6) is 0.456. The zero-order valence-corrected chi connectivity index (χ0v) is 9.14. The van der Waals surface area contributed by atoms with Gasteiger partial charge in [0, 0.05) is 6.07 Å². The van der Waals surface area contributed by atoms with Gasteiger partial charge in [0.25, 0.3) is 5.69 Å².